The van der Waals surface area contributed by atoms with Gasteiger partial charge in [0.1, 0.15) is 0 Å². The van der Waals surface area contributed by atoms with Crippen LogP contribution < -0.4 is 0 Å². The highest BCUT2D eigenvalue weighted by Crippen LogP contribution is 2.33. The molecule has 3 rings (SSSR count). The fraction of sp³-hybridized carbons (Fsp3) is 0.455. The number of benzene rings is 1. The Bertz CT molecular complexity index is 499. The normalized spacial score (nSPS) is 29.1. The minimum Gasteiger partial charge on any atom is -0.367 e. The number of epoxide rings is 1. The number of ether oxygens (including phenoxy) is 1. The topological polar surface area (TPSA) is 49.9 Å². The number of fused-ring (bicyclic) bond motifs is 1. The van der Waals surface area contributed by atoms with Crippen LogP contribution in [0.5, 0.6) is 0 Å². The molecule has 4 nitrogen and oxygen atoms in total. The quantitative estimate of drug-likeness (QED) is 0.716. The van der Waals surface area contributed by atoms with Gasteiger partial charge in [0.2, 0.25) is 10.0 Å². The van der Waals surface area contributed by atoms with Gasteiger partial charge in [0.15, 0.2) is 0 Å². The van der Waals surface area contributed by atoms with Crippen LogP contribution in [0.25, 0.3) is 0 Å². The maximum Gasteiger partial charge on any atom is 0.243 e. The fourth-order valence-corrected chi connectivity index (χ4v) is 3.50. The number of rotatable bonds is 2. The third-order valence-electron chi connectivity index (χ3n) is 3.11. The smallest absolute Gasteiger partial charge is 0.243 e. The molecule has 0 saturated carbocycles. The molecule has 1 aromatic carbocycles. The molecule has 0 aliphatic carbocycles. The second-order valence-corrected chi connectivity index (χ2v) is 6.29. The zero-order valence-corrected chi connectivity index (χ0v) is 9.78. The predicted octanol–water partition coefficient (Wildman–Crippen LogP) is 0.767. The van der Waals surface area contributed by atoms with Gasteiger partial charge in [0.05, 0.1) is 17.1 Å². The number of sulfonamides is 1. The lowest BCUT2D eigenvalue weighted by atomic mass is 10.2. The molecule has 2 heterocycles. The van der Waals surface area contributed by atoms with E-state index in [9.17, 15) is 8.42 Å². The van der Waals surface area contributed by atoms with Crippen molar-refractivity contribution in [3.63, 3.8) is 0 Å². The van der Waals surface area contributed by atoms with E-state index >= 15 is 0 Å². The molecule has 0 spiro atoms. The molecule has 0 unspecified atom stereocenters. The highest BCUT2D eigenvalue weighted by molar-refractivity contribution is 7.89. The molecule has 2 atom stereocenters. The fourth-order valence-electron chi connectivity index (χ4n) is 2.03. The predicted molar refractivity (Wildman–Crippen MR) is 58.6 cm³/mol. The molecule has 16 heavy (non-hydrogen) atoms. The minimum absolute atomic E-state index is 0.139. The molecule has 2 fully saturated rings. The standard InChI is InChI=1S/C11H13NO3S/c1-8-2-4-9(5-3-8)16(13,14)12-6-10-11(7-12)15-10/h2-5,10-11H,6-7H2,1H3/t10-,11-/m0/s1. The molecule has 0 aromatic heterocycles. The largest absolute Gasteiger partial charge is 0.367 e. The van der Waals surface area contributed by atoms with Crippen LogP contribution in [0, 0.1) is 6.92 Å². The summed E-state index contributed by atoms with van der Waals surface area (Å²) in [4.78, 5) is 0.374. The van der Waals surface area contributed by atoms with Gasteiger partial charge in [0.25, 0.3) is 0 Å². The van der Waals surface area contributed by atoms with Crippen molar-refractivity contribution in [2.45, 2.75) is 24.0 Å². The Morgan fingerprint density at radius 1 is 1.19 bits per heavy atom. The molecular formula is C11H13NO3S. The van der Waals surface area contributed by atoms with Crippen molar-refractivity contribution in [3.05, 3.63) is 29.8 Å². The Kier molecular flexibility index (Phi) is 2.11. The van der Waals surface area contributed by atoms with Gasteiger partial charge in [-0.3, -0.25) is 0 Å². The zero-order valence-electron chi connectivity index (χ0n) is 8.96. The van der Waals surface area contributed by atoms with Gasteiger partial charge in [0, 0.05) is 13.1 Å². The summed E-state index contributed by atoms with van der Waals surface area (Å²) in [5, 5.41) is 0. The van der Waals surface area contributed by atoms with Crippen LogP contribution >= 0.6 is 0 Å². The van der Waals surface area contributed by atoms with Crippen molar-refractivity contribution in [1.29, 1.82) is 0 Å². The first-order valence-electron chi connectivity index (χ1n) is 5.30. The van der Waals surface area contributed by atoms with Gasteiger partial charge in [-0.15, -0.1) is 0 Å². The summed E-state index contributed by atoms with van der Waals surface area (Å²) >= 11 is 0. The average molecular weight is 239 g/mol. The first-order valence-corrected chi connectivity index (χ1v) is 6.74. The second-order valence-electron chi connectivity index (χ2n) is 4.35. The summed E-state index contributed by atoms with van der Waals surface area (Å²) in [5.74, 6) is 0. The highest BCUT2D eigenvalue weighted by Gasteiger charge is 2.50. The Hall–Kier alpha value is -0.910. The van der Waals surface area contributed by atoms with Gasteiger partial charge in [-0.25, -0.2) is 8.42 Å². The van der Waals surface area contributed by atoms with Gasteiger partial charge in [-0.1, -0.05) is 17.7 Å². The average Bonchev–Trinajstić information content (AvgIpc) is 2.86. The summed E-state index contributed by atoms with van der Waals surface area (Å²) < 4.78 is 31.1. The van der Waals surface area contributed by atoms with Crippen LogP contribution in [0.15, 0.2) is 29.2 Å². The van der Waals surface area contributed by atoms with Crippen LogP contribution in [0.4, 0.5) is 0 Å². The molecule has 0 radical (unpaired) electrons. The summed E-state index contributed by atoms with van der Waals surface area (Å²) in [6, 6.07) is 6.96. The molecule has 0 bridgehead atoms. The molecule has 1 aromatic rings. The van der Waals surface area contributed by atoms with Gasteiger partial charge >= 0.3 is 0 Å². The highest BCUT2D eigenvalue weighted by atomic mass is 32.2. The van der Waals surface area contributed by atoms with E-state index < -0.39 is 10.0 Å². The van der Waals surface area contributed by atoms with Crippen LogP contribution in [0.2, 0.25) is 0 Å². The number of hydrogen-bond acceptors (Lipinski definition) is 3. The molecule has 5 heteroatoms. The summed E-state index contributed by atoms with van der Waals surface area (Å²) in [6.07, 6.45) is 0.278. The van der Waals surface area contributed by atoms with E-state index in [0.29, 0.717) is 18.0 Å². The van der Waals surface area contributed by atoms with E-state index in [1.165, 1.54) is 4.31 Å². The Morgan fingerprint density at radius 3 is 2.31 bits per heavy atom. The van der Waals surface area contributed by atoms with Crippen LogP contribution in [0.1, 0.15) is 5.56 Å². The monoisotopic (exact) mass is 239 g/mol. The van der Waals surface area contributed by atoms with Crippen molar-refractivity contribution in [2.75, 3.05) is 13.1 Å². The molecular weight excluding hydrogens is 226 g/mol. The second kappa shape index (κ2) is 3.29. The maximum absolute atomic E-state index is 12.2. The third-order valence-corrected chi connectivity index (χ3v) is 4.96. The van der Waals surface area contributed by atoms with Gasteiger partial charge < -0.3 is 4.74 Å². The SMILES string of the molecule is Cc1ccc(S(=O)(=O)N2C[C@@H]3O[C@H]3C2)cc1. The van der Waals surface area contributed by atoms with Crippen LogP contribution in [0.3, 0.4) is 0 Å². The number of nitrogens with zero attached hydrogens (tertiary/aromatic N) is 1. The summed E-state index contributed by atoms with van der Waals surface area (Å²) in [7, 11) is -3.30. The number of aryl methyl sites for hydroxylation is 1. The van der Waals surface area contributed by atoms with E-state index in [-0.39, 0.29) is 12.2 Å². The first-order chi connectivity index (χ1) is 7.57. The van der Waals surface area contributed by atoms with Gasteiger partial charge in [-0.05, 0) is 19.1 Å². The molecule has 0 N–H and O–H groups in total. The van der Waals surface area contributed by atoms with E-state index in [0.717, 1.165) is 5.56 Å². The van der Waals surface area contributed by atoms with E-state index in [4.69, 9.17) is 4.74 Å². The Labute approximate surface area is 94.9 Å². The third kappa shape index (κ3) is 1.55. The Morgan fingerprint density at radius 2 is 1.75 bits per heavy atom. The molecule has 2 aliphatic heterocycles. The Balaban J connectivity index is 1.89. The minimum atomic E-state index is -3.30. The lowest BCUT2D eigenvalue weighted by Crippen LogP contribution is -2.31. The van der Waals surface area contributed by atoms with E-state index in [1.807, 2.05) is 19.1 Å². The van der Waals surface area contributed by atoms with Crippen molar-refractivity contribution < 1.29 is 13.2 Å². The first kappa shape index (κ1) is 10.3. The van der Waals surface area contributed by atoms with Crippen molar-refractivity contribution >= 4 is 10.0 Å². The van der Waals surface area contributed by atoms with Gasteiger partial charge in [-0.2, -0.15) is 4.31 Å². The van der Waals surface area contributed by atoms with Crippen molar-refractivity contribution in [2.24, 2.45) is 0 Å². The van der Waals surface area contributed by atoms with E-state index in [2.05, 4.69) is 0 Å². The van der Waals surface area contributed by atoms with Crippen molar-refractivity contribution in [1.82, 2.24) is 4.31 Å². The summed E-state index contributed by atoms with van der Waals surface area (Å²) in [5.41, 5.74) is 1.06. The number of morpholine rings is 1. The lowest BCUT2D eigenvalue weighted by Gasteiger charge is -2.17. The van der Waals surface area contributed by atoms with E-state index in [1.54, 1.807) is 12.1 Å². The molecule has 86 valence electrons. The lowest BCUT2D eigenvalue weighted by molar-refractivity contribution is 0.272. The number of hydrogen-bond donors (Lipinski definition) is 0. The summed E-state index contributed by atoms with van der Waals surface area (Å²) in [6.45, 7) is 2.94. The molecule has 0 amide bonds. The maximum atomic E-state index is 12.2. The van der Waals surface area contributed by atoms with Crippen LogP contribution in [-0.2, 0) is 14.8 Å². The van der Waals surface area contributed by atoms with Crippen LogP contribution in [-0.4, -0.2) is 38.0 Å². The molecule has 2 aliphatic rings. The molecule has 2 saturated heterocycles. The van der Waals surface area contributed by atoms with Crippen molar-refractivity contribution in [3.8, 4) is 0 Å². The zero-order chi connectivity index (χ0) is 11.3.